The quantitative estimate of drug-likeness (QED) is 0.759. The number of rotatable bonds is 4. The second kappa shape index (κ2) is 7.27. The molecule has 0 aliphatic carbocycles. The van der Waals surface area contributed by atoms with Gasteiger partial charge in [0.2, 0.25) is 0 Å². The predicted molar refractivity (Wildman–Crippen MR) is 101 cm³/mol. The zero-order valence-corrected chi connectivity index (χ0v) is 14.8. The maximum absolute atomic E-state index is 12.6. The fourth-order valence-electron chi connectivity index (χ4n) is 3.24. The van der Waals surface area contributed by atoms with Gasteiger partial charge in [-0.2, -0.15) is 0 Å². The second-order valence-electron chi connectivity index (χ2n) is 6.58. The number of amides is 1. The van der Waals surface area contributed by atoms with Crippen LogP contribution in [0.4, 0.5) is 5.82 Å². The van der Waals surface area contributed by atoms with Crippen LogP contribution in [0.25, 0.3) is 10.9 Å². The normalized spacial score (nSPS) is 15.3. The lowest BCUT2D eigenvalue weighted by molar-refractivity contribution is 0.0337. The fraction of sp³-hybridized carbons (Fsp3) is 0.300. The van der Waals surface area contributed by atoms with Crippen molar-refractivity contribution in [1.82, 2.24) is 14.9 Å². The maximum Gasteiger partial charge on any atom is 0.273 e. The first-order valence-corrected chi connectivity index (χ1v) is 8.85. The molecule has 0 spiro atoms. The minimum atomic E-state index is -0.184. The topological polar surface area (TPSA) is 70.2 Å². The van der Waals surface area contributed by atoms with Gasteiger partial charge in [0, 0.05) is 30.5 Å². The van der Waals surface area contributed by atoms with Crippen LogP contribution in [0.15, 0.2) is 42.5 Å². The van der Waals surface area contributed by atoms with E-state index in [1.807, 2.05) is 49.4 Å². The zero-order chi connectivity index (χ0) is 17.9. The van der Waals surface area contributed by atoms with E-state index in [-0.39, 0.29) is 5.91 Å². The van der Waals surface area contributed by atoms with Crippen LogP contribution < -0.4 is 5.32 Å². The lowest BCUT2D eigenvalue weighted by Gasteiger charge is -2.26. The van der Waals surface area contributed by atoms with Crippen molar-refractivity contribution in [2.24, 2.45) is 0 Å². The molecule has 1 aromatic carbocycles. The summed E-state index contributed by atoms with van der Waals surface area (Å²) in [5.74, 6) is 0.382. The molecule has 4 rings (SSSR count). The Labute approximate surface area is 152 Å². The van der Waals surface area contributed by atoms with Gasteiger partial charge in [-0.05, 0) is 30.7 Å². The molecule has 0 atom stereocenters. The molecule has 2 aromatic heterocycles. The van der Waals surface area contributed by atoms with Crippen LogP contribution in [0.5, 0.6) is 0 Å². The minimum absolute atomic E-state index is 0.184. The number of aromatic nitrogens is 2. The van der Waals surface area contributed by atoms with Crippen molar-refractivity contribution in [3.63, 3.8) is 0 Å². The molecule has 0 radical (unpaired) electrons. The molecule has 0 saturated carbocycles. The van der Waals surface area contributed by atoms with Gasteiger partial charge in [-0.15, -0.1) is 0 Å². The Bertz CT molecular complexity index is 928. The Kier molecular flexibility index (Phi) is 4.69. The van der Waals surface area contributed by atoms with E-state index >= 15 is 0 Å². The van der Waals surface area contributed by atoms with Crippen LogP contribution in [0.1, 0.15) is 21.7 Å². The molecule has 1 aliphatic rings. The van der Waals surface area contributed by atoms with Gasteiger partial charge in [0.25, 0.3) is 5.91 Å². The van der Waals surface area contributed by atoms with E-state index in [0.717, 1.165) is 55.0 Å². The predicted octanol–water partition coefficient (Wildman–Crippen LogP) is 2.96. The lowest BCUT2D eigenvalue weighted by atomic mass is 10.2. The van der Waals surface area contributed by atoms with Crippen molar-refractivity contribution < 1.29 is 9.53 Å². The Morgan fingerprint density at radius 2 is 2.04 bits per heavy atom. The van der Waals surface area contributed by atoms with E-state index in [0.29, 0.717) is 11.5 Å². The summed E-state index contributed by atoms with van der Waals surface area (Å²) in [6.07, 6.45) is 0. The average Bonchev–Trinajstić information content (AvgIpc) is 3.09. The number of nitrogens with one attached hydrogen (secondary N) is 2. The molecule has 2 N–H and O–H groups in total. The van der Waals surface area contributed by atoms with Crippen LogP contribution in [-0.2, 0) is 11.3 Å². The van der Waals surface area contributed by atoms with Crippen molar-refractivity contribution >= 4 is 22.6 Å². The van der Waals surface area contributed by atoms with Gasteiger partial charge in [-0.1, -0.05) is 24.3 Å². The molecular formula is C20H22N4O2. The number of H-pyrrole nitrogens is 1. The van der Waals surface area contributed by atoms with Crippen molar-refractivity contribution in [2.75, 3.05) is 31.6 Å². The summed E-state index contributed by atoms with van der Waals surface area (Å²) in [4.78, 5) is 22.7. The fourth-order valence-corrected chi connectivity index (χ4v) is 3.24. The summed E-state index contributed by atoms with van der Waals surface area (Å²) in [5.41, 5.74) is 3.59. The van der Waals surface area contributed by atoms with E-state index in [4.69, 9.17) is 4.74 Å². The highest BCUT2D eigenvalue weighted by Gasteiger charge is 2.14. The molecular weight excluding hydrogens is 328 g/mol. The van der Waals surface area contributed by atoms with Crippen LogP contribution in [0, 0.1) is 6.92 Å². The number of hydrogen-bond donors (Lipinski definition) is 2. The number of morpholine rings is 1. The Balaban J connectivity index is 1.48. The number of carbonyl (C=O) groups excluding carboxylic acids is 1. The molecule has 1 saturated heterocycles. The van der Waals surface area contributed by atoms with E-state index in [2.05, 4.69) is 20.2 Å². The number of aryl methyl sites for hydroxylation is 1. The van der Waals surface area contributed by atoms with E-state index in [9.17, 15) is 4.79 Å². The minimum Gasteiger partial charge on any atom is -0.379 e. The standard InChI is InChI=1S/C20H22N4O2/c1-14-4-2-5-15-12-17(22-19(14)15)20(25)23-18-7-3-6-16(21-18)13-24-8-10-26-11-9-24/h2-7,12,22H,8-11,13H2,1H3,(H,21,23,25). The zero-order valence-electron chi connectivity index (χ0n) is 14.8. The monoisotopic (exact) mass is 350 g/mol. The number of benzene rings is 1. The summed E-state index contributed by atoms with van der Waals surface area (Å²) in [5, 5.41) is 3.92. The van der Waals surface area contributed by atoms with Gasteiger partial charge >= 0.3 is 0 Å². The largest absolute Gasteiger partial charge is 0.379 e. The summed E-state index contributed by atoms with van der Waals surface area (Å²) in [7, 11) is 0. The highest BCUT2D eigenvalue weighted by atomic mass is 16.5. The van der Waals surface area contributed by atoms with Gasteiger partial charge in [0.05, 0.1) is 18.9 Å². The smallest absolute Gasteiger partial charge is 0.273 e. The molecule has 26 heavy (non-hydrogen) atoms. The number of anilines is 1. The molecule has 134 valence electrons. The Morgan fingerprint density at radius 3 is 2.85 bits per heavy atom. The number of para-hydroxylation sites is 1. The molecule has 6 heteroatoms. The first-order valence-electron chi connectivity index (χ1n) is 8.85. The Hall–Kier alpha value is -2.70. The third-order valence-electron chi connectivity index (χ3n) is 4.65. The van der Waals surface area contributed by atoms with Crippen LogP contribution in [0.3, 0.4) is 0 Å². The van der Waals surface area contributed by atoms with Gasteiger partial charge in [0.15, 0.2) is 0 Å². The Morgan fingerprint density at radius 1 is 1.23 bits per heavy atom. The number of carbonyl (C=O) groups is 1. The van der Waals surface area contributed by atoms with E-state index in [1.54, 1.807) is 0 Å². The van der Waals surface area contributed by atoms with Crippen LogP contribution in [0.2, 0.25) is 0 Å². The number of aromatic amines is 1. The maximum atomic E-state index is 12.6. The average molecular weight is 350 g/mol. The molecule has 1 amide bonds. The van der Waals surface area contributed by atoms with Gasteiger partial charge < -0.3 is 15.0 Å². The van der Waals surface area contributed by atoms with Gasteiger partial charge in [-0.25, -0.2) is 4.98 Å². The molecule has 0 bridgehead atoms. The van der Waals surface area contributed by atoms with Crippen molar-refractivity contribution in [3.8, 4) is 0 Å². The van der Waals surface area contributed by atoms with E-state index in [1.165, 1.54) is 0 Å². The summed E-state index contributed by atoms with van der Waals surface area (Å²) in [6, 6.07) is 13.6. The first-order chi connectivity index (χ1) is 12.7. The molecule has 0 unspecified atom stereocenters. The van der Waals surface area contributed by atoms with Crippen LogP contribution >= 0.6 is 0 Å². The lowest BCUT2D eigenvalue weighted by Crippen LogP contribution is -2.35. The van der Waals surface area contributed by atoms with Crippen LogP contribution in [-0.4, -0.2) is 47.1 Å². The summed E-state index contributed by atoms with van der Waals surface area (Å²) >= 11 is 0. The SMILES string of the molecule is Cc1cccc2cc(C(=O)Nc3cccc(CN4CCOCC4)n3)[nH]c12. The number of fused-ring (bicyclic) bond motifs is 1. The number of ether oxygens (including phenoxy) is 1. The molecule has 6 nitrogen and oxygen atoms in total. The number of hydrogen-bond acceptors (Lipinski definition) is 4. The van der Waals surface area contributed by atoms with Gasteiger partial charge in [0.1, 0.15) is 11.5 Å². The number of pyridine rings is 1. The van der Waals surface area contributed by atoms with Gasteiger partial charge in [-0.3, -0.25) is 9.69 Å². The molecule has 1 aliphatic heterocycles. The summed E-state index contributed by atoms with van der Waals surface area (Å²) < 4.78 is 5.37. The third-order valence-corrected chi connectivity index (χ3v) is 4.65. The van der Waals surface area contributed by atoms with E-state index < -0.39 is 0 Å². The first kappa shape index (κ1) is 16.8. The van der Waals surface area contributed by atoms with Crippen molar-refractivity contribution in [3.05, 3.63) is 59.4 Å². The highest BCUT2D eigenvalue weighted by Crippen LogP contribution is 2.19. The number of nitrogens with zero attached hydrogens (tertiary/aromatic N) is 2. The molecule has 3 heterocycles. The highest BCUT2D eigenvalue weighted by molar-refractivity contribution is 6.05. The second-order valence-corrected chi connectivity index (χ2v) is 6.58. The molecule has 3 aromatic rings. The third kappa shape index (κ3) is 3.61. The van der Waals surface area contributed by atoms with Crippen molar-refractivity contribution in [2.45, 2.75) is 13.5 Å². The molecule has 1 fully saturated rings. The summed E-state index contributed by atoms with van der Waals surface area (Å²) in [6.45, 7) is 6.13. The van der Waals surface area contributed by atoms with Crippen molar-refractivity contribution in [1.29, 1.82) is 0 Å².